The van der Waals surface area contributed by atoms with Crippen LogP contribution in [0.15, 0.2) is 53.4 Å². The molecule has 0 aromatic heterocycles. The molecule has 182 valence electrons. The zero-order valence-corrected chi connectivity index (χ0v) is 20.2. The van der Waals surface area contributed by atoms with Crippen molar-refractivity contribution < 1.29 is 32.3 Å². The smallest absolute Gasteiger partial charge is 0.337 e. The maximum atomic E-state index is 12.7. The highest BCUT2D eigenvalue weighted by atomic mass is 32.2. The number of hydrogen-bond acceptors (Lipinski definition) is 7. The third-order valence-electron chi connectivity index (χ3n) is 5.71. The lowest BCUT2D eigenvalue weighted by Crippen LogP contribution is -2.30. The first kappa shape index (κ1) is 25.4. The molecule has 1 saturated heterocycles. The summed E-state index contributed by atoms with van der Waals surface area (Å²) in [6.45, 7) is 4.45. The van der Waals surface area contributed by atoms with Gasteiger partial charge < -0.3 is 14.4 Å². The van der Waals surface area contributed by atoms with Gasteiger partial charge in [-0.25, -0.2) is 13.2 Å². The SMILES string of the molecule is CCN(CC)S(=O)(=O)c1ccc(N2CC(C(=O)OCc3ccc(C(=O)OC)cc3)CC2=O)cc1. The van der Waals surface area contributed by atoms with Gasteiger partial charge >= 0.3 is 11.9 Å². The molecule has 1 fully saturated rings. The van der Waals surface area contributed by atoms with Crippen molar-refractivity contribution in [1.82, 2.24) is 4.31 Å². The van der Waals surface area contributed by atoms with Crippen molar-refractivity contribution in [3.63, 3.8) is 0 Å². The highest BCUT2D eigenvalue weighted by Crippen LogP contribution is 2.28. The van der Waals surface area contributed by atoms with E-state index in [-0.39, 0.29) is 30.4 Å². The number of benzene rings is 2. The quantitative estimate of drug-likeness (QED) is 0.499. The third-order valence-corrected chi connectivity index (χ3v) is 7.77. The zero-order valence-electron chi connectivity index (χ0n) is 19.4. The van der Waals surface area contributed by atoms with Crippen LogP contribution >= 0.6 is 0 Å². The Hall–Kier alpha value is -3.24. The molecule has 1 aliphatic rings. The van der Waals surface area contributed by atoms with E-state index in [2.05, 4.69) is 4.74 Å². The summed E-state index contributed by atoms with van der Waals surface area (Å²) in [4.78, 5) is 38.2. The number of methoxy groups -OCH3 is 1. The minimum absolute atomic E-state index is 0.0135. The molecule has 0 radical (unpaired) electrons. The maximum Gasteiger partial charge on any atom is 0.337 e. The van der Waals surface area contributed by atoms with Crippen LogP contribution in [-0.4, -0.2) is 57.3 Å². The van der Waals surface area contributed by atoms with Gasteiger partial charge in [0.05, 0.1) is 23.5 Å². The van der Waals surface area contributed by atoms with Gasteiger partial charge in [0.1, 0.15) is 6.61 Å². The van der Waals surface area contributed by atoms with Crippen molar-refractivity contribution in [1.29, 1.82) is 0 Å². The maximum absolute atomic E-state index is 12.7. The van der Waals surface area contributed by atoms with Crippen LogP contribution in [0.5, 0.6) is 0 Å². The van der Waals surface area contributed by atoms with E-state index in [4.69, 9.17) is 4.74 Å². The van der Waals surface area contributed by atoms with Gasteiger partial charge in [-0.3, -0.25) is 9.59 Å². The topological polar surface area (TPSA) is 110 Å². The fourth-order valence-corrected chi connectivity index (χ4v) is 5.21. The molecule has 1 unspecified atom stereocenters. The van der Waals surface area contributed by atoms with Crippen molar-refractivity contribution in [2.75, 3.05) is 31.6 Å². The Morgan fingerprint density at radius 2 is 1.65 bits per heavy atom. The van der Waals surface area contributed by atoms with Crippen molar-refractivity contribution in [2.45, 2.75) is 31.8 Å². The number of amides is 1. The van der Waals surface area contributed by atoms with Gasteiger partial charge in [0.25, 0.3) is 0 Å². The van der Waals surface area contributed by atoms with Crippen LogP contribution in [0, 0.1) is 5.92 Å². The minimum Gasteiger partial charge on any atom is -0.465 e. The Morgan fingerprint density at radius 1 is 1.03 bits per heavy atom. The molecule has 2 aromatic carbocycles. The first-order valence-electron chi connectivity index (χ1n) is 11.0. The Kier molecular flexibility index (Phi) is 8.06. The van der Waals surface area contributed by atoms with Crippen molar-refractivity contribution >= 4 is 33.6 Å². The Morgan fingerprint density at radius 3 is 2.21 bits per heavy atom. The Bertz CT molecular complexity index is 1140. The van der Waals surface area contributed by atoms with Crippen molar-refractivity contribution in [2.24, 2.45) is 5.92 Å². The van der Waals surface area contributed by atoms with Gasteiger partial charge in [-0.05, 0) is 42.0 Å². The molecule has 1 heterocycles. The number of nitrogens with zero attached hydrogens (tertiary/aromatic N) is 2. The number of rotatable bonds is 9. The fraction of sp³-hybridized carbons (Fsp3) is 0.375. The van der Waals surface area contributed by atoms with Crippen LogP contribution in [0.2, 0.25) is 0 Å². The van der Waals surface area contributed by atoms with E-state index in [9.17, 15) is 22.8 Å². The largest absolute Gasteiger partial charge is 0.465 e. The van der Waals surface area contributed by atoms with Crippen LogP contribution in [0.4, 0.5) is 5.69 Å². The Labute approximate surface area is 199 Å². The predicted octanol–water partition coefficient (Wildman–Crippen LogP) is 2.60. The summed E-state index contributed by atoms with van der Waals surface area (Å²) < 4.78 is 36.7. The summed E-state index contributed by atoms with van der Waals surface area (Å²) in [7, 11) is -2.29. The third kappa shape index (κ3) is 5.45. The summed E-state index contributed by atoms with van der Waals surface area (Å²) in [5.41, 5.74) is 1.62. The van der Waals surface area contributed by atoms with E-state index < -0.39 is 27.9 Å². The minimum atomic E-state index is -3.59. The van der Waals surface area contributed by atoms with E-state index >= 15 is 0 Å². The first-order chi connectivity index (χ1) is 16.2. The van der Waals surface area contributed by atoms with Gasteiger partial charge in [-0.15, -0.1) is 0 Å². The monoisotopic (exact) mass is 488 g/mol. The normalized spacial score (nSPS) is 16.1. The second-order valence-electron chi connectivity index (χ2n) is 7.78. The summed E-state index contributed by atoms with van der Waals surface area (Å²) in [5.74, 6) is -1.80. The summed E-state index contributed by atoms with van der Waals surface area (Å²) in [5, 5.41) is 0. The molecule has 1 atom stereocenters. The zero-order chi connectivity index (χ0) is 24.9. The number of hydrogen-bond donors (Lipinski definition) is 0. The van der Waals surface area contributed by atoms with Crippen LogP contribution < -0.4 is 4.90 Å². The second-order valence-corrected chi connectivity index (χ2v) is 9.72. The van der Waals surface area contributed by atoms with E-state index in [1.54, 1.807) is 50.2 Å². The number of esters is 2. The van der Waals surface area contributed by atoms with Gasteiger partial charge in [-0.2, -0.15) is 4.31 Å². The molecular formula is C24H28N2O7S. The van der Waals surface area contributed by atoms with E-state index in [1.165, 1.54) is 28.4 Å². The van der Waals surface area contributed by atoms with E-state index in [0.29, 0.717) is 29.9 Å². The lowest BCUT2D eigenvalue weighted by molar-refractivity contribution is -0.149. The lowest BCUT2D eigenvalue weighted by atomic mass is 10.1. The fourth-order valence-electron chi connectivity index (χ4n) is 3.75. The Balaban J connectivity index is 1.61. The first-order valence-corrected chi connectivity index (χ1v) is 12.4. The van der Waals surface area contributed by atoms with Crippen LogP contribution in [0.1, 0.15) is 36.2 Å². The van der Waals surface area contributed by atoms with Gasteiger partial charge in [0, 0.05) is 31.7 Å². The molecule has 10 heteroatoms. The molecule has 2 aromatic rings. The predicted molar refractivity (Wildman–Crippen MR) is 125 cm³/mol. The van der Waals surface area contributed by atoms with Crippen molar-refractivity contribution in [3.8, 4) is 0 Å². The highest BCUT2D eigenvalue weighted by molar-refractivity contribution is 7.89. The number of carbonyl (C=O) groups is 3. The average molecular weight is 489 g/mol. The molecule has 0 aliphatic carbocycles. The molecule has 1 aliphatic heterocycles. The highest BCUT2D eigenvalue weighted by Gasteiger charge is 2.36. The van der Waals surface area contributed by atoms with E-state index in [1.807, 2.05) is 0 Å². The molecule has 0 saturated carbocycles. The number of carbonyl (C=O) groups excluding carboxylic acids is 3. The van der Waals surface area contributed by atoms with Crippen LogP contribution in [0.25, 0.3) is 0 Å². The molecule has 0 spiro atoms. The number of anilines is 1. The van der Waals surface area contributed by atoms with E-state index in [0.717, 1.165) is 0 Å². The summed E-state index contributed by atoms with van der Waals surface area (Å²) in [6.07, 6.45) is 0.0135. The molecule has 3 rings (SSSR count). The summed E-state index contributed by atoms with van der Waals surface area (Å²) in [6, 6.07) is 12.6. The second kappa shape index (κ2) is 10.8. The molecule has 0 bridgehead atoms. The molecule has 0 N–H and O–H groups in total. The molecule has 9 nitrogen and oxygen atoms in total. The number of ether oxygens (including phenoxy) is 2. The van der Waals surface area contributed by atoms with Gasteiger partial charge in [0.15, 0.2) is 0 Å². The molecular weight excluding hydrogens is 460 g/mol. The van der Waals surface area contributed by atoms with Crippen LogP contribution in [0.3, 0.4) is 0 Å². The molecule has 34 heavy (non-hydrogen) atoms. The lowest BCUT2D eigenvalue weighted by Gasteiger charge is -2.20. The standard InChI is InChI=1S/C24H28N2O7S/c1-4-25(5-2)34(30,31)21-12-10-20(11-13-21)26-15-19(14-22(26)27)24(29)33-16-17-6-8-18(9-7-17)23(28)32-3/h6-13,19H,4-5,14-16H2,1-3H3. The van der Waals surface area contributed by atoms with Gasteiger partial charge in [-0.1, -0.05) is 26.0 Å². The van der Waals surface area contributed by atoms with Gasteiger partial charge in [0.2, 0.25) is 15.9 Å². The number of sulfonamides is 1. The van der Waals surface area contributed by atoms with Crippen molar-refractivity contribution in [3.05, 3.63) is 59.7 Å². The summed E-state index contributed by atoms with van der Waals surface area (Å²) >= 11 is 0. The molecule has 1 amide bonds. The average Bonchev–Trinajstić information content (AvgIpc) is 3.24. The van der Waals surface area contributed by atoms with Crippen LogP contribution in [-0.2, 0) is 35.7 Å².